The first-order chi connectivity index (χ1) is 10.1. The molecule has 0 bridgehead atoms. The molecule has 21 heavy (non-hydrogen) atoms. The van der Waals surface area contributed by atoms with Gasteiger partial charge in [-0.05, 0) is 30.4 Å². The van der Waals surface area contributed by atoms with Crippen LogP contribution in [0.1, 0.15) is 35.2 Å². The number of nitroso groups, excluding NO2 is 1. The molecule has 0 saturated carbocycles. The number of hydrogen-bond acceptors (Lipinski definition) is 5. The molecule has 2 unspecified atom stereocenters. The molecule has 0 aliphatic heterocycles. The molecule has 0 fully saturated rings. The molecule has 0 saturated heterocycles. The number of benzene rings is 1. The third kappa shape index (κ3) is 2.46. The van der Waals surface area contributed by atoms with Crippen molar-refractivity contribution in [2.24, 2.45) is 5.18 Å². The largest absolute Gasteiger partial charge is 0.368 e. The van der Waals surface area contributed by atoms with Crippen LogP contribution in [-0.2, 0) is 6.42 Å². The van der Waals surface area contributed by atoms with Crippen LogP contribution in [0.2, 0.25) is 0 Å². The molecule has 2 aromatic rings. The highest BCUT2D eigenvalue weighted by atomic mass is 19.1. The fourth-order valence-corrected chi connectivity index (χ4v) is 2.77. The van der Waals surface area contributed by atoms with Crippen LogP contribution in [0.5, 0.6) is 0 Å². The Hall–Kier alpha value is -2.44. The Labute approximate surface area is 119 Å². The van der Waals surface area contributed by atoms with Crippen molar-refractivity contribution in [2.45, 2.75) is 24.8 Å². The van der Waals surface area contributed by atoms with Gasteiger partial charge in [0.05, 0.1) is 5.69 Å². The van der Waals surface area contributed by atoms with E-state index in [0.717, 1.165) is 6.07 Å². The number of nitrogens with zero attached hydrogens (tertiary/aromatic N) is 3. The van der Waals surface area contributed by atoms with Crippen molar-refractivity contribution in [1.82, 2.24) is 9.97 Å². The fraction of sp³-hybridized carbons (Fsp3) is 0.286. The molecule has 1 aliphatic carbocycles. The average molecular weight is 290 g/mol. The standard InChI is InChI=1S/C14H12F2N4O/c15-8-1-2-9(11(16)5-8)7-3-12-10(13(4-7)20-21)6-18-14(17)19-12/h1-2,5-7,13H,3-4H2,(H2,17,18,19). The fourth-order valence-electron chi connectivity index (χ4n) is 2.77. The van der Waals surface area contributed by atoms with E-state index in [9.17, 15) is 13.7 Å². The Balaban J connectivity index is 2.01. The van der Waals surface area contributed by atoms with Gasteiger partial charge in [-0.2, -0.15) is 4.91 Å². The molecule has 1 heterocycles. The molecule has 2 atom stereocenters. The highest BCUT2D eigenvalue weighted by Gasteiger charge is 2.31. The van der Waals surface area contributed by atoms with Crippen LogP contribution in [0, 0.1) is 16.5 Å². The van der Waals surface area contributed by atoms with Gasteiger partial charge in [0.1, 0.15) is 17.7 Å². The number of rotatable bonds is 2. The normalized spacial score (nSPS) is 20.9. The topological polar surface area (TPSA) is 81.2 Å². The molecule has 0 amide bonds. The molecule has 0 spiro atoms. The van der Waals surface area contributed by atoms with Gasteiger partial charge in [0, 0.05) is 17.8 Å². The molecule has 5 nitrogen and oxygen atoms in total. The summed E-state index contributed by atoms with van der Waals surface area (Å²) in [6.45, 7) is 0. The molecule has 7 heteroatoms. The molecule has 2 N–H and O–H groups in total. The lowest BCUT2D eigenvalue weighted by atomic mass is 9.80. The van der Waals surface area contributed by atoms with Crippen LogP contribution in [0.4, 0.5) is 14.7 Å². The zero-order valence-corrected chi connectivity index (χ0v) is 11.0. The molecular formula is C14H12F2N4O. The van der Waals surface area contributed by atoms with Crippen LogP contribution >= 0.6 is 0 Å². The highest BCUT2D eigenvalue weighted by molar-refractivity contribution is 5.34. The first kappa shape index (κ1) is 13.5. The first-order valence-corrected chi connectivity index (χ1v) is 6.47. The minimum Gasteiger partial charge on any atom is -0.368 e. The van der Waals surface area contributed by atoms with Crippen molar-refractivity contribution in [3.63, 3.8) is 0 Å². The number of nitrogens with two attached hydrogens (primary N) is 1. The molecule has 0 radical (unpaired) electrons. The van der Waals surface area contributed by atoms with E-state index in [-0.39, 0.29) is 11.9 Å². The van der Waals surface area contributed by atoms with Gasteiger partial charge in [-0.1, -0.05) is 11.2 Å². The van der Waals surface area contributed by atoms with Gasteiger partial charge >= 0.3 is 0 Å². The molecule has 1 aromatic carbocycles. The summed E-state index contributed by atoms with van der Waals surface area (Å²) in [5.74, 6) is -1.46. The van der Waals surface area contributed by atoms with Crippen molar-refractivity contribution in [2.75, 3.05) is 5.73 Å². The van der Waals surface area contributed by atoms with E-state index in [1.807, 2.05) is 0 Å². The zero-order valence-electron chi connectivity index (χ0n) is 11.0. The van der Waals surface area contributed by atoms with E-state index >= 15 is 0 Å². The van der Waals surface area contributed by atoms with Crippen molar-refractivity contribution in [1.29, 1.82) is 0 Å². The summed E-state index contributed by atoms with van der Waals surface area (Å²) in [5.41, 5.74) is 7.12. The van der Waals surface area contributed by atoms with E-state index < -0.39 is 17.7 Å². The lowest BCUT2D eigenvalue weighted by Crippen LogP contribution is -2.19. The quantitative estimate of drug-likeness (QED) is 0.862. The maximum Gasteiger partial charge on any atom is 0.220 e. The summed E-state index contributed by atoms with van der Waals surface area (Å²) >= 11 is 0. The number of nitrogen functional groups attached to an aromatic ring is 1. The van der Waals surface area contributed by atoms with Gasteiger partial charge in [0.25, 0.3) is 0 Å². The summed E-state index contributed by atoms with van der Waals surface area (Å²) in [6, 6.07) is 2.78. The molecule has 1 aromatic heterocycles. The number of anilines is 1. The lowest BCUT2D eigenvalue weighted by molar-refractivity contribution is 0.469. The Morgan fingerprint density at radius 3 is 2.81 bits per heavy atom. The van der Waals surface area contributed by atoms with Crippen molar-refractivity contribution in [3.05, 3.63) is 57.8 Å². The number of fused-ring (bicyclic) bond motifs is 1. The van der Waals surface area contributed by atoms with Crippen molar-refractivity contribution < 1.29 is 8.78 Å². The number of halogens is 2. The van der Waals surface area contributed by atoms with Crippen LogP contribution in [0.15, 0.2) is 29.6 Å². The minimum atomic E-state index is -0.649. The monoisotopic (exact) mass is 290 g/mol. The van der Waals surface area contributed by atoms with E-state index in [4.69, 9.17) is 5.73 Å². The second-order valence-electron chi connectivity index (χ2n) is 5.05. The predicted molar refractivity (Wildman–Crippen MR) is 72.4 cm³/mol. The lowest BCUT2D eigenvalue weighted by Gasteiger charge is -2.27. The Kier molecular flexibility index (Phi) is 3.32. The number of hydrogen-bond donors (Lipinski definition) is 1. The predicted octanol–water partition coefficient (Wildman–Crippen LogP) is 2.87. The summed E-state index contributed by atoms with van der Waals surface area (Å²) in [6.07, 6.45) is 2.24. The van der Waals surface area contributed by atoms with E-state index in [0.29, 0.717) is 29.7 Å². The smallest absolute Gasteiger partial charge is 0.220 e. The third-order valence-corrected chi connectivity index (χ3v) is 3.75. The Morgan fingerprint density at radius 1 is 1.29 bits per heavy atom. The molecule has 108 valence electrons. The van der Waals surface area contributed by atoms with Crippen LogP contribution < -0.4 is 5.73 Å². The van der Waals surface area contributed by atoms with Gasteiger partial charge in [-0.15, -0.1) is 0 Å². The maximum atomic E-state index is 13.9. The number of aromatic nitrogens is 2. The van der Waals surface area contributed by atoms with Gasteiger partial charge in [0.15, 0.2) is 0 Å². The zero-order chi connectivity index (χ0) is 15.0. The Morgan fingerprint density at radius 2 is 2.10 bits per heavy atom. The first-order valence-electron chi connectivity index (χ1n) is 6.47. The van der Waals surface area contributed by atoms with Gasteiger partial charge < -0.3 is 5.73 Å². The van der Waals surface area contributed by atoms with Gasteiger partial charge in [-0.25, -0.2) is 18.7 Å². The minimum absolute atomic E-state index is 0.0960. The summed E-state index contributed by atoms with van der Waals surface area (Å²) in [7, 11) is 0. The summed E-state index contributed by atoms with van der Waals surface area (Å²) in [4.78, 5) is 19.0. The maximum absolute atomic E-state index is 13.9. The van der Waals surface area contributed by atoms with E-state index in [1.165, 1.54) is 18.3 Å². The molecule has 1 aliphatic rings. The van der Waals surface area contributed by atoms with Crippen molar-refractivity contribution >= 4 is 5.95 Å². The average Bonchev–Trinajstić information content (AvgIpc) is 2.45. The van der Waals surface area contributed by atoms with Gasteiger partial charge in [-0.3, -0.25) is 0 Å². The third-order valence-electron chi connectivity index (χ3n) is 3.75. The second-order valence-corrected chi connectivity index (χ2v) is 5.05. The SMILES string of the molecule is Nc1ncc2c(n1)CC(c1ccc(F)cc1F)CC2N=O. The van der Waals surface area contributed by atoms with Crippen LogP contribution in [0.25, 0.3) is 0 Å². The van der Waals surface area contributed by atoms with Crippen molar-refractivity contribution in [3.8, 4) is 0 Å². The van der Waals surface area contributed by atoms with Crippen LogP contribution in [-0.4, -0.2) is 9.97 Å². The molecule has 3 rings (SSSR count). The second kappa shape index (κ2) is 5.16. The summed E-state index contributed by atoms with van der Waals surface area (Å²) in [5, 5.41) is 3.07. The van der Waals surface area contributed by atoms with Gasteiger partial charge in [0.2, 0.25) is 5.95 Å². The highest BCUT2D eigenvalue weighted by Crippen LogP contribution is 2.40. The Bertz CT molecular complexity index is 707. The van der Waals surface area contributed by atoms with E-state index in [1.54, 1.807) is 0 Å². The van der Waals surface area contributed by atoms with E-state index in [2.05, 4.69) is 15.1 Å². The molecular weight excluding hydrogens is 278 g/mol. The van der Waals surface area contributed by atoms with Crippen LogP contribution in [0.3, 0.4) is 0 Å². The summed E-state index contributed by atoms with van der Waals surface area (Å²) < 4.78 is 26.9.